The zero-order chi connectivity index (χ0) is 24.5. The SMILES string of the molecule is Cc1ccc(Cl)cc1N1CCN(C(=O)CS(=O)(=O)Cc2nc(-c3ccccc3F)oc2C)CC1. The second kappa shape index (κ2) is 9.76. The van der Waals surface area contributed by atoms with Crippen LogP contribution in [0.25, 0.3) is 11.5 Å². The van der Waals surface area contributed by atoms with Gasteiger partial charge >= 0.3 is 0 Å². The Balaban J connectivity index is 1.38. The van der Waals surface area contributed by atoms with E-state index in [9.17, 15) is 17.6 Å². The molecular formula is C24H25ClFN3O4S. The van der Waals surface area contributed by atoms with Crippen molar-refractivity contribution in [1.29, 1.82) is 0 Å². The highest BCUT2D eigenvalue weighted by Crippen LogP contribution is 2.27. The van der Waals surface area contributed by atoms with Gasteiger partial charge in [0.05, 0.1) is 17.0 Å². The number of nitrogens with zero attached hydrogens (tertiary/aromatic N) is 3. The summed E-state index contributed by atoms with van der Waals surface area (Å²) >= 11 is 6.12. The fraction of sp³-hybridized carbons (Fsp3) is 0.333. The third-order valence-electron chi connectivity index (χ3n) is 5.84. The van der Waals surface area contributed by atoms with E-state index in [0.717, 1.165) is 11.3 Å². The molecule has 0 unspecified atom stereocenters. The first kappa shape index (κ1) is 24.2. The van der Waals surface area contributed by atoms with Crippen molar-refractivity contribution in [2.45, 2.75) is 19.6 Å². The fourth-order valence-corrected chi connectivity index (χ4v) is 5.48. The summed E-state index contributed by atoms with van der Waals surface area (Å²) in [6.45, 7) is 5.57. The number of carbonyl (C=O) groups excluding carboxylic acids is 1. The van der Waals surface area contributed by atoms with Crippen LogP contribution in [-0.4, -0.2) is 56.1 Å². The van der Waals surface area contributed by atoms with Crippen LogP contribution in [0.15, 0.2) is 46.9 Å². The Bertz CT molecular complexity index is 1320. The summed E-state index contributed by atoms with van der Waals surface area (Å²) in [6.07, 6.45) is 0. The highest BCUT2D eigenvalue weighted by Gasteiger charge is 2.28. The molecule has 1 amide bonds. The summed E-state index contributed by atoms with van der Waals surface area (Å²) in [7, 11) is -3.80. The summed E-state index contributed by atoms with van der Waals surface area (Å²) in [4.78, 5) is 20.6. The summed E-state index contributed by atoms with van der Waals surface area (Å²) in [6, 6.07) is 11.6. The predicted molar refractivity (Wildman–Crippen MR) is 129 cm³/mol. The number of oxazole rings is 1. The van der Waals surface area contributed by atoms with Crippen LogP contribution >= 0.6 is 11.6 Å². The Morgan fingerprint density at radius 3 is 2.53 bits per heavy atom. The van der Waals surface area contributed by atoms with E-state index < -0.39 is 33.1 Å². The minimum absolute atomic E-state index is 0.0135. The molecule has 34 heavy (non-hydrogen) atoms. The lowest BCUT2D eigenvalue weighted by Gasteiger charge is -2.36. The Kier molecular flexibility index (Phi) is 6.95. The third-order valence-corrected chi connectivity index (χ3v) is 7.48. The van der Waals surface area contributed by atoms with Crippen LogP contribution in [0.3, 0.4) is 0 Å². The molecule has 0 atom stereocenters. The number of aromatic nitrogens is 1. The Hall–Kier alpha value is -2.91. The lowest BCUT2D eigenvalue weighted by molar-refractivity contribution is -0.128. The maximum absolute atomic E-state index is 14.0. The zero-order valence-electron chi connectivity index (χ0n) is 18.9. The number of carbonyl (C=O) groups is 1. The van der Waals surface area contributed by atoms with Gasteiger partial charge in [0.2, 0.25) is 11.8 Å². The topological polar surface area (TPSA) is 83.7 Å². The van der Waals surface area contributed by atoms with Gasteiger partial charge in [-0.2, -0.15) is 0 Å². The Morgan fingerprint density at radius 2 is 1.82 bits per heavy atom. The first-order valence-electron chi connectivity index (χ1n) is 10.8. The van der Waals surface area contributed by atoms with E-state index in [4.69, 9.17) is 16.0 Å². The highest BCUT2D eigenvalue weighted by atomic mass is 35.5. The van der Waals surface area contributed by atoms with Crippen LogP contribution in [0, 0.1) is 19.7 Å². The van der Waals surface area contributed by atoms with Crippen LogP contribution in [-0.2, 0) is 20.4 Å². The molecule has 0 aliphatic carbocycles. The van der Waals surface area contributed by atoms with Crippen molar-refractivity contribution in [3.8, 4) is 11.5 Å². The van der Waals surface area contributed by atoms with Gasteiger partial charge in [-0.1, -0.05) is 29.8 Å². The van der Waals surface area contributed by atoms with Gasteiger partial charge in [-0.15, -0.1) is 0 Å². The maximum atomic E-state index is 14.0. The van der Waals surface area contributed by atoms with Crippen molar-refractivity contribution in [1.82, 2.24) is 9.88 Å². The largest absolute Gasteiger partial charge is 0.441 e. The van der Waals surface area contributed by atoms with E-state index in [1.165, 1.54) is 12.1 Å². The number of anilines is 1. The lowest BCUT2D eigenvalue weighted by atomic mass is 10.1. The molecule has 1 saturated heterocycles. The molecule has 0 bridgehead atoms. The van der Waals surface area contributed by atoms with Gasteiger partial charge in [-0.05, 0) is 43.7 Å². The summed E-state index contributed by atoms with van der Waals surface area (Å²) < 4.78 is 45.0. The first-order chi connectivity index (χ1) is 16.1. The number of rotatable bonds is 6. The number of amides is 1. The number of halogens is 2. The zero-order valence-corrected chi connectivity index (χ0v) is 20.5. The summed E-state index contributed by atoms with van der Waals surface area (Å²) in [5.74, 6) is -1.74. The molecule has 1 aliphatic heterocycles. The molecule has 0 N–H and O–H groups in total. The van der Waals surface area contributed by atoms with Gasteiger partial charge in [0.15, 0.2) is 9.84 Å². The molecule has 0 spiro atoms. The molecule has 0 saturated carbocycles. The van der Waals surface area contributed by atoms with Gasteiger partial charge in [-0.25, -0.2) is 17.8 Å². The molecule has 4 rings (SSSR count). The fourth-order valence-electron chi connectivity index (χ4n) is 3.97. The number of benzene rings is 2. The number of hydrogen-bond donors (Lipinski definition) is 0. The smallest absolute Gasteiger partial charge is 0.237 e. The number of aryl methyl sites for hydroxylation is 2. The molecular weight excluding hydrogens is 481 g/mol. The minimum atomic E-state index is -3.80. The van der Waals surface area contributed by atoms with Crippen LogP contribution in [0.5, 0.6) is 0 Å². The van der Waals surface area contributed by atoms with Crippen molar-refractivity contribution in [2.75, 3.05) is 36.8 Å². The Morgan fingerprint density at radius 1 is 1.12 bits per heavy atom. The van der Waals surface area contributed by atoms with E-state index in [1.54, 1.807) is 24.0 Å². The summed E-state index contributed by atoms with van der Waals surface area (Å²) in [5.41, 5.74) is 2.43. The quantitative estimate of drug-likeness (QED) is 0.503. The van der Waals surface area contributed by atoms with E-state index >= 15 is 0 Å². The molecule has 1 aliphatic rings. The third kappa shape index (κ3) is 5.42. The maximum Gasteiger partial charge on any atom is 0.237 e. The van der Waals surface area contributed by atoms with Crippen LogP contribution in [0.2, 0.25) is 5.02 Å². The van der Waals surface area contributed by atoms with E-state index in [0.29, 0.717) is 31.2 Å². The molecule has 0 radical (unpaired) electrons. The van der Waals surface area contributed by atoms with E-state index in [2.05, 4.69) is 9.88 Å². The van der Waals surface area contributed by atoms with E-state index in [-0.39, 0.29) is 22.9 Å². The number of hydrogen-bond acceptors (Lipinski definition) is 6. The van der Waals surface area contributed by atoms with Gasteiger partial charge in [0, 0.05) is 36.9 Å². The average Bonchev–Trinajstić information content (AvgIpc) is 3.14. The Labute approximate surface area is 203 Å². The molecule has 10 heteroatoms. The molecule has 1 fully saturated rings. The van der Waals surface area contributed by atoms with E-state index in [1.807, 2.05) is 25.1 Å². The van der Waals surface area contributed by atoms with Crippen LogP contribution < -0.4 is 4.90 Å². The summed E-state index contributed by atoms with van der Waals surface area (Å²) in [5, 5.41) is 0.645. The van der Waals surface area contributed by atoms with Gasteiger partial charge in [0.1, 0.15) is 17.3 Å². The highest BCUT2D eigenvalue weighted by molar-refractivity contribution is 7.91. The standard InChI is InChI=1S/C24H25ClFN3O4S/c1-16-7-8-18(25)13-22(16)28-9-11-29(12-10-28)23(30)15-34(31,32)14-21-17(2)33-24(27-21)19-5-3-4-6-20(19)26/h3-8,13H,9-12,14-15H2,1-2H3. The van der Waals surface area contributed by atoms with Crippen molar-refractivity contribution >= 4 is 33.0 Å². The van der Waals surface area contributed by atoms with Crippen molar-refractivity contribution < 1.29 is 22.0 Å². The second-order valence-electron chi connectivity index (χ2n) is 8.33. The minimum Gasteiger partial charge on any atom is -0.441 e. The number of sulfone groups is 1. The van der Waals surface area contributed by atoms with Crippen LogP contribution in [0.1, 0.15) is 17.0 Å². The predicted octanol–water partition coefficient (Wildman–Crippen LogP) is 4.01. The molecule has 2 heterocycles. The van der Waals surface area contributed by atoms with Crippen LogP contribution in [0.4, 0.5) is 10.1 Å². The van der Waals surface area contributed by atoms with Crippen molar-refractivity contribution in [2.24, 2.45) is 0 Å². The van der Waals surface area contributed by atoms with Gasteiger partial charge < -0.3 is 14.2 Å². The second-order valence-corrected chi connectivity index (χ2v) is 10.8. The molecule has 180 valence electrons. The monoisotopic (exact) mass is 505 g/mol. The molecule has 7 nitrogen and oxygen atoms in total. The molecule has 1 aromatic heterocycles. The average molecular weight is 506 g/mol. The molecule has 3 aromatic rings. The van der Waals surface area contributed by atoms with Gasteiger partial charge in [0.25, 0.3) is 0 Å². The first-order valence-corrected chi connectivity index (χ1v) is 13.0. The molecule has 2 aromatic carbocycles. The lowest BCUT2D eigenvalue weighted by Crippen LogP contribution is -2.50. The normalized spacial score (nSPS) is 14.5. The number of piperazine rings is 1. The van der Waals surface area contributed by atoms with Gasteiger partial charge in [-0.3, -0.25) is 4.79 Å². The van der Waals surface area contributed by atoms with Crippen molar-refractivity contribution in [3.05, 3.63) is 70.3 Å². The van der Waals surface area contributed by atoms with Crippen molar-refractivity contribution in [3.63, 3.8) is 0 Å².